The number of amides is 4. The van der Waals surface area contributed by atoms with Crippen molar-refractivity contribution in [1.29, 1.82) is 0 Å². The molecule has 13 N–H and O–H groups in total. The van der Waals surface area contributed by atoms with Gasteiger partial charge in [-0.1, -0.05) is 51.6 Å². The van der Waals surface area contributed by atoms with Crippen molar-refractivity contribution in [3.05, 3.63) is 35.9 Å². The van der Waals surface area contributed by atoms with Crippen LogP contribution in [0.1, 0.15) is 52.5 Å². The molecular formula is C28H48N10O6. The summed E-state index contributed by atoms with van der Waals surface area (Å²) in [5.41, 5.74) is 22.0. The molecule has 1 aromatic carbocycles. The molecule has 16 nitrogen and oxygen atoms in total. The van der Waals surface area contributed by atoms with E-state index < -0.39 is 53.9 Å². The first-order valence-electron chi connectivity index (χ1n) is 13.8. The lowest BCUT2D eigenvalue weighted by Gasteiger charge is -2.27. The Labute approximate surface area is 257 Å². The molecule has 1 rings (SSSR count). The second-order valence-corrected chi connectivity index (χ2v) is 10.1. The number of urea groups is 1. The van der Waals surface area contributed by atoms with Gasteiger partial charge in [0.05, 0.1) is 6.04 Å². The number of hydrogen-bond acceptors (Lipinski definition) is 7. The lowest BCUT2D eigenvalue weighted by molar-refractivity contribution is -0.139. The van der Waals surface area contributed by atoms with E-state index in [2.05, 4.69) is 31.3 Å². The van der Waals surface area contributed by atoms with Crippen LogP contribution in [0.5, 0.6) is 0 Å². The molecule has 16 heteroatoms. The number of aldehydes is 1. The van der Waals surface area contributed by atoms with Crippen LogP contribution >= 0.6 is 0 Å². The maximum absolute atomic E-state index is 13.3. The van der Waals surface area contributed by atoms with Gasteiger partial charge in [0.2, 0.25) is 11.8 Å². The van der Waals surface area contributed by atoms with E-state index in [0.29, 0.717) is 18.3 Å². The first-order valence-corrected chi connectivity index (χ1v) is 13.8. The molecule has 0 aliphatic heterocycles. The van der Waals surface area contributed by atoms with Crippen LogP contribution in [0.25, 0.3) is 0 Å². The zero-order valence-corrected chi connectivity index (χ0v) is 24.5. The second kappa shape index (κ2) is 20.9. The summed E-state index contributed by atoms with van der Waals surface area (Å²) in [6, 6.07) is 3.51. The number of carboxylic acids is 1. The van der Waals surface area contributed by atoms with Gasteiger partial charge in [0.1, 0.15) is 24.4 Å². The van der Waals surface area contributed by atoms with Crippen molar-refractivity contribution >= 4 is 42.0 Å². The van der Waals surface area contributed by atoms with E-state index in [1.165, 1.54) is 0 Å². The number of carbonyl (C=O) groups is 5. The minimum Gasteiger partial charge on any atom is -0.480 e. The van der Waals surface area contributed by atoms with Gasteiger partial charge in [-0.15, -0.1) is 0 Å². The van der Waals surface area contributed by atoms with E-state index >= 15 is 0 Å². The zero-order chi connectivity index (χ0) is 32.4. The van der Waals surface area contributed by atoms with Gasteiger partial charge in [0.15, 0.2) is 11.9 Å². The van der Waals surface area contributed by atoms with Crippen molar-refractivity contribution in [2.45, 2.75) is 77.5 Å². The molecule has 0 aliphatic rings. The van der Waals surface area contributed by atoms with E-state index in [0.717, 1.165) is 0 Å². The lowest BCUT2D eigenvalue weighted by atomic mass is 10.0. The number of nitrogens with one attached hydrogen (secondary N) is 4. The Morgan fingerprint density at radius 1 is 0.818 bits per heavy atom. The molecule has 1 aromatic rings. The zero-order valence-electron chi connectivity index (χ0n) is 24.5. The minimum atomic E-state index is -1.27. The van der Waals surface area contributed by atoms with E-state index in [9.17, 15) is 29.1 Å². The number of carboxylic acid groups (broad SMARTS) is 1. The highest BCUT2D eigenvalue weighted by Crippen LogP contribution is 2.08. The maximum atomic E-state index is 13.3. The number of aliphatic carboxylic acids is 1. The Hall–Kier alpha value is -4.89. The SMILES string of the molecule is C.CC(C)[C@H](NC(=O)[C@H](CCCN=C(N)N)NC(=O)NC(Cc1ccccc1)C(=O)O)C(=O)NC(C=O)CCCN=C(N)N. The molecule has 4 amide bonds. The molecule has 2 unspecified atom stereocenters. The molecule has 0 heterocycles. The third-order valence-electron chi connectivity index (χ3n) is 6.16. The molecule has 246 valence electrons. The number of benzene rings is 1. The van der Waals surface area contributed by atoms with Gasteiger partial charge in [-0.3, -0.25) is 19.6 Å². The fourth-order valence-corrected chi connectivity index (χ4v) is 3.94. The average molecular weight is 621 g/mol. The Morgan fingerprint density at radius 3 is 1.86 bits per heavy atom. The highest BCUT2D eigenvalue weighted by molar-refractivity contribution is 5.93. The maximum Gasteiger partial charge on any atom is 0.326 e. The van der Waals surface area contributed by atoms with Gasteiger partial charge in [-0.05, 0) is 37.2 Å². The molecule has 0 aliphatic carbocycles. The van der Waals surface area contributed by atoms with Gasteiger partial charge >= 0.3 is 12.0 Å². The highest BCUT2D eigenvalue weighted by atomic mass is 16.4. The smallest absolute Gasteiger partial charge is 0.326 e. The second-order valence-electron chi connectivity index (χ2n) is 10.1. The normalized spacial score (nSPS) is 13.1. The molecule has 0 fully saturated rings. The summed E-state index contributed by atoms with van der Waals surface area (Å²) in [6.07, 6.45) is 1.65. The van der Waals surface area contributed by atoms with Crippen LogP contribution in [0.2, 0.25) is 0 Å². The summed E-state index contributed by atoms with van der Waals surface area (Å²) in [5.74, 6) is -3.17. The van der Waals surface area contributed by atoms with Crippen molar-refractivity contribution in [3.8, 4) is 0 Å². The first kappa shape index (κ1) is 39.1. The number of carbonyl (C=O) groups excluding carboxylic acids is 4. The molecule has 0 spiro atoms. The molecule has 44 heavy (non-hydrogen) atoms. The molecule has 0 bridgehead atoms. The topological polar surface area (TPSA) is 282 Å². The summed E-state index contributed by atoms with van der Waals surface area (Å²) in [7, 11) is 0. The molecular weight excluding hydrogens is 572 g/mol. The number of aliphatic imine (C=N–C) groups is 2. The number of hydrogen-bond donors (Lipinski definition) is 9. The fraction of sp³-hybridized carbons (Fsp3) is 0.536. The van der Waals surface area contributed by atoms with Crippen LogP contribution in [-0.4, -0.2) is 84.4 Å². The van der Waals surface area contributed by atoms with Gasteiger partial charge in [-0.2, -0.15) is 0 Å². The minimum absolute atomic E-state index is 0. The largest absolute Gasteiger partial charge is 0.480 e. The number of guanidine groups is 2. The van der Waals surface area contributed by atoms with E-state index in [1.54, 1.807) is 44.2 Å². The van der Waals surface area contributed by atoms with E-state index in [-0.39, 0.29) is 58.1 Å². The Balaban J connectivity index is 0.0000185. The van der Waals surface area contributed by atoms with Crippen LogP contribution in [0.15, 0.2) is 40.3 Å². The number of nitrogens with two attached hydrogens (primary N) is 4. The van der Waals surface area contributed by atoms with Gasteiger partial charge < -0.3 is 54.1 Å². The number of rotatable bonds is 19. The van der Waals surface area contributed by atoms with Crippen molar-refractivity contribution in [2.24, 2.45) is 38.8 Å². The summed E-state index contributed by atoms with van der Waals surface area (Å²) >= 11 is 0. The van der Waals surface area contributed by atoms with Crippen molar-refractivity contribution < 1.29 is 29.1 Å². The molecule has 0 saturated carbocycles. The van der Waals surface area contributed by atoms with Crippen LogP contribution in [0, 0.1) is 5.92 Å². The Kier molecular flexibility index (Phi) is 18.6. The summed E-state index contributed by atoms with van der Waals surface area (Å²) in [4.78, 5) is 70.3. The fourth-order valence-electron chi connectivity index (χ4n) is 3.94. The van der Waals surface area contributed by atoms with E-state index in [4.69, 9.17) is 22.9 Å². The van der Waals surface area contributed by atoms with Gasteiger partial charge in [0.25, 0.3) is 0 Å². The molecule has 4 atom stereocenters. The summed E-state index contributed by atoms with van der Waals surface area (Å²) in [5, 5.41) is 19.7. The van der Waals surface area contributed by atoms with Gasteiger partial charge in [0, 0.05) is 19.5 Å². The molecule has 0 aromatic heterocycles. The van der Waals surface area contributed by atoms with E-state index in [1.807, 2.05) is 0 Å². The third kappa shape index (κ3) is 15.9. The quantitative estimate of drug-likeness (QED) is 0.0390. The molecule has 0 radical (unpaired) electrons. The first-order chi connectivity index (χ1) is 20.3. The van der Waals surface area contributed by atoms with Crippen LogP contribution < -0.4 is 44.2 Å². The van der Waals surface area contributed by atoms with Crippen molar-refractivity contribution in [1.82, 2.24) is 21.3 Å². The average Bonchev–Trinajstić information content (AvgIpc) is 2.94. The predicted octanol–water partition coefficient (Wildman–Crippen LogP) is -1.08. The summed E-state index contributed by atoms with van der Waals surface area (Å²) in [6.45, 7) is 3.84. The monoisotopic (exact) mass is 620 g/mol. The van der Waals surface area contributed by atoms with Crippen LogP contribution in [-0.2, 0) is 25.6 Å². The standard InChI is InChI=1S/C27H44N10O6.CH4/c1-16(2)21(23(40)34-18(15-38)10-6-12-32-25(28)29)37-22(39)19(11-7-13-33-26(30)31)35-27(43)36-20(24(41)42)14-17-8-4-3-5-9-17;/h3-5,8-9,15-16,18-21H,6-7,10-14H2,1-2H3,(H,34,40)(H,37,39)(H,41,42)(H4,28,29,32)(H4,30,31,33)(H2,35,36,43);1H4/t18?,19-,20?,21-;/m0./s1. The Bertz CT molecular complexity index is 1120. The lowest BCUT2D eigenvalue weighted by Crippen LogP contribution is -2.58. The molecule has 0 saturated heterocycles. The third-order valence-corrected chi connectivity index (χ3v) is 6.16. The van der Waals surface area contributed by atoms with Crippen molar-refractivity contribution in [3.63, 3.8) is 0 Å². The number of nitrogens with zero attached hydrogens (tertiary/aromatic N) is 2. The van der Waals surface area contributed by atoms with Gasteiger partial charge in [-0.25, -0.2) is 9.59 Å². The highest BCUT2D eigenvalue weighted by Gasteiger charge is 2.30. The summed E-state index contributed by atoms with van der Waals surface area (Å²) < 4.78 is 0. The Morgan fingerprint density at radius 2 is 1.36 bits per heavy atom. The van der Waals surface area contributed by atoms with Crippen molar-refractivity contribution in [2.75, 3.05) is 13.1 Å². The van der Waals surface area contributed by atoms with Crippen LogP contribution in [0.3, 0.4) is 0 Å². The van der Waals surface area contributed by atoms with Crippen LogP contribution in [0.4, 0.5) is 4.79 Å². The predicted molar refractivity (Wildman–Crippen MR) is 168 cm³/mol.